The van der Waals surface area contributed by atoms with Gasteiger partial charge < -0.3 is 20.5 Å². The highest BCUT2D eigenvalue weighted by Crippen LogP contribution is 2.27. The van der Waals surface area contributed by atoms with Gasteiger partial charge in [0.25, 0.3) is 0 Å². The maximum absolute atomic E-state index is 10.8. The van der Waals surface area contributed by atoms with Gasteiger partial charge in [-0.25, -0.2) is 4.79 Å². The van der Waals surface area contributed by atoms with E-state index in [1.54, 1.807) is 7.11 Å². The second-order valence-corrected chi connectivity index (χ2v) is 4.53. The van der Waals surface area contributed by atoms with Gasteiger partial charge in [-0.2, -0.15) is 0 Å². The topological polar surface area (TPSA) is 73.6 Å². The van der Waals surface area contributed by atoms with Crippen molar-refractivity contribution in [1.82, 2.24) is 0 Å². The van der Waals surface area contributed by atoms with Crippen molar-refractivity contribution in [3.05, 3.63) is 23.8 Å². The molecule has 0 saturated carbocycles. The number of carbonyl (C=O) groups is 1. The summed E-state index contributed by atoms with van der Waals surface area (Å²) in [5.74, 6) is 0.751. The first-order valence-electron chi connectivity index (χ1n) is 5.51. The third-order valence-electron chi connectivity index (χ3n) is 2.73. The van der Waals surface area contributed by atoms with Crippen LogP contribution in [0.5, 0.6) is 5.75 Å². The zero-order chi connectivity index (χ0) is 13.1. The maximum Gasteiger partial charge on any atom is 0.404 e. The SMILES string of the molecule is COc1ccc2c(c1)CC(OC(N)=O)CC(=S)N2. The van der Waals surface area contributed by atoms with Crippen LogP contribution in [-0.4, -0.2) is 24.3 Å². The molecule has 3 N–H and O–H groups in total. The number of thiocarbonyl (C=S) groups is 1. The number of anilines is 1. The summed E-state index contributed by atoms with van der Waals surface area (Å²) in [4.78, 5) is 11.5. The fourth-order valence-corrected chi connectivity index (χ4v) is 2.26. The van der Waals surface area contributed by atoms with Crippen molar-refractivity contribution in [3.63, 3.8) is 0 Å². The lowest BCUT2D eigenvalue weighted by Crippen LogP contribution is -2.26. The van der Waals surface area contributed by atoms with Gasteiger partial charge in [0.2, 0.25) is 0 Å². The molecule has 1 aromatic rings. The van der Waals surface area contributed by atoms with E-state index >= 15 is 0 Å². The molecule has 0 fully saturated rings. The largest absolute Gasteiger partial charge is 0.497 e. The molecule has 1 aromatic carbocycles. The molecular weight excluding hydrogens is 252 g/mol. The number of nitrogens with two attached hydrogens (primary N) is 1. The van der Waals surface area contributed by atoms with Gasteiger partial charge in [-0.1, -0.05) is 12.2 Å². The molecule has 0 spiro atoms. The van der Waals surface area contributed by atoms with Crippen LogP contribution in [0, 0.1) is 0 Å². The molecule has 96 valence electrons. The average molecular weight is 266 g/mol. The number of fused-ring (bicyclic) bond motifs is 1. The highest BCUT2D eigenvalue weighted by atomic mass is 32.1. The summed E-state index contributed by atoms with van der Waals surface area (Å²) >= 11 is 5.19. The zero-order valence-electron chi connectivity index (χ0n) is 9.93. The lowest BCUT2D eigenvalue weighted by molar-refractivity contribution is 0.111. The van der Waals surface area contributed by atoms with Gasteiger partial charge in [0.05, 0.1) is 12.1 Å². The molecule has 1 aliphatic rings. The van der Waals surface area contributed by atoms with Crippen molar-refractivity contribution in [2.75, 3.05) is 12.4 Å². The Kier molecular flexibility index (Phi) is 3.66. The lowest BCUT2D eigenvalue weighted by Gasteiger charge is -2.13. The monoisotopic (exact) mass is 266 g/mol. The van der Waals surface area contributed by atoms with Gasteiger partial charge in [0, 0.05) is 18.5 Å². The number of amides is 1. The van der Waals surface area contributed by atoms with Crippen LogP contribution in [0.4, 0.5) is 10.5 Å². The van der Waals surface area contributed by atoms with Gasteiger partial charge in [-0.15, -0.1) is 0 Å². The third kappa shape index (κ3) is 2.89. The van der Waals surface area contributed by atoms with Crippen LogP contribution in [0.25, 0.3) is 0 Å². The van der Waals surface area contributed by atoms with E-state index in [4.69, 9.17) is 27.4 Å². The van der Waals surface area contributed by atoms with Crippen molar-refractivity contribution in [2.45, 2.75) is 18.9 Å². The Morgan fingerprint density at radius 3 is 2.94 bits per heavy atom. The molecule has 2 rings (SSSR count). The Bertz CT molecular complexity index is 490. The molecule has 1 unspecified atom stereocenters. The maximum atomic E-state index is 10.8. The summed E-state index contributed by atoms with van der Waals surface area (Å²) in [6, 6.07) is 5.64. The Hall–Kier alpha value is -1.82. The number of benzene rings is 1. The fraction of sp³-hybridized carbons (Fsp3) is 0.333. The van der Waals surface area contributed by atoms with Crippen LogP contribution >= 0.6 is 12.2 Å². The van der Waals surface area contributed by atoms with Crippen molar-refractivity contribution < 1.29 is 14.3 Å². The summed E-state index contributed by atoms with van der Waals surface area (Å²) in [5.41, 5.74) is 6.95. The van der Waals surface area contributed by atoms with Crippen molar-refractivity contribution in [3.8, 4) is 5.75 Å². The Morgan fingerprint density at radius 2 is 2.28 bits per heavy atom. The van der Waals surface area contributed by atoms with E-state index in [1.807, 2.05) is 18.2 Å². The molecule has 18 heavy (non-hydrogen) atoms. The first-order valence-corrected chi connectivity index (χ1v) is 5.92. The highest BCUT2D eigenvalue weighted by molar-refractivity contribution is 7.80. The van der Waals surface area contributed by atoms with E-state index in [-0.39, 0.29) is 6.10 Å². The van der Waals surface area contributed by atoms with Crippen LogP contribution in [0.2, 0.25) is 0 Å². The zero-order valence-corrected chi connectivity index (χ0v) is 10.8. The summed E-state index contributed by atoms with van der Waals surface area (Å²) in [6.07, 6.45) is -0.0947. The standard InChI is InChI=1S/C12H14N2O3S/c1-16-8-2-3-10-7(4-8)5-9(17-12(13)15)6-11(18)14-10/h2-4,9H,5-6H2,1H3,(H2,13,15)(H,14,18). The number of methoxy groups -OCH3 is 1. The van der Waals surface area contributed by atoms with Gasteiger partial charge in [-0.05, 0) is 23.8 Å². The highest BCUT2D eigenvalue weighted by Gasteiger charge is 2.22. The predicted molar refractivity (Wildman–Crippen MR) is 72.0 cm³/mol. The molecule has 0 radical (unpaired) electrons. The Morgan fingerprint density at radius 1 is 1.50 bits per heavy atom. The molecule has 1 aliphatic heterocycles. The first-order chi connectivity index (χ1) is 8.58. The van der Waals surface area contributed by atoms with Gasteiger partial charge in [-0.3, -0.25) is 0 Å². The van der Waals surface area contributed by atoms with Crippen LogP contribution in [-0.2, 0) is 11.2 Å². The lowest BCUT2D eigenvalue weighted by atomic mass is 10.1. The minimum atomic E-state index is -0.783. The number of carbonyl (C=O) groups excluding carboxylic acids is 1. The van der Waals surface area contributed by atoms with E-state index in [0.717, 1.165) is 17.0 Å². The first kappa shape index (κ1) is 12.6. The van der Waals surface area contributed by atoms with Gasteiger partial charge in [0.15, 0.2) is 0 Å². The van der Waals surface area contributed by atoms with Crippen molar-refractivity contribution in [2.24, 2.45) is 5.73 Å². The Labute approximate surface area is 110 Å². The van der Waals surface area contributed by atoms with E-state index < -0.39 is 6.09 Å². The third-order valence-corrected chi connectivity index (χ3v) is 3.00. The van der Waals surface area contributed by atoms with Crippen LogP contribution < -0.4 is 15.8 Å². The second kappa shape index (κ2) is 5.22. The summed E-state index contributed by atoms with van der Waals surface area (Å²) in [7, 11) is 1.61. The molecule has 0 bridgehead atoms. The van der Waals surface area contributed by atoms with E-state index in [0.29, 0.717) is 17.8 Å². The quantitative estimate of drug-likeness (QED) is 0.799. The van der Waals surface area contributed by atoms with E-state index in [2.05, 4.69) is 5.32 Å². The molecule has 6 heteroatoms. The number of hydrogen-bond donors (Lipinski definition) is 2. The molecule has 0 saturated heterocycles. The summed E-state index contributed by atoms with van der Waals surface area (Å²) in [6.45, 7) is 0. The average Bonchev–Trinajstić information content (AvgIpc) is 2.44. The van der Waals surface area contributed by atoms with Crippen molar-refractivity contribution in [1.29, 1.82) is 0 Å². The molecule has 5 nitrogen and oxygen atoms in total. The van der Waals surface area contributed by atoms with E-state index in [1.165, 1.54) is 0 Å². The minimum absolute atomic E-state index is 0.337. The summed E-state index contributed by atoms with van der Waals surface area (Å²) < 4.78 is 10.2. The molecular formula is C12H14N2O3S. The van der Waals surface area contributed by atoms with Crippen LogP contribution in [0.3, 0.4) is 0 Å². The number of hydrogen-bond acceptors (Lipinski definition) is 4. The minimum Gasteiger partial charge on any atom is -0.497 e. The molecule has 1 amide bonds. The van der Waals surface area contributed by atoms with Gasteiger partial charge >= 0.3 is 6.09 Å². The van der Waals surface area contributed by atoms with Crippen molar-refractivity contribution >= 4 is 29.0 Å². The predicted octanol–water partition coefficient (Wildman–Crippen LogP) is 1.84. The molecule has 0 aliphatic carbocycles. The second-order valence-electron chi connectivity index (χ2n) is 4.04. The number of nitrogens with one attached hydrogen (secondary N) is 1. The number of rotatable bonds is 2. The Balaban J connectivity index is 2.28. The van der Waals surface area contributed by atoms with Crippen LogP contribution in [0.1, 0.15) is 12.0 Å². The van der Waals surface area contributed by atoms with Crippen LogP contribution in [0.15, 0.2) is 18.2 Å². The summed E-state index contributed by atoms with van der Waals surface area (Å²) in [5, 5.41) is 3.12. The molecule has 0 aromatic heterocycles. The fourth-order valence-electron chi connectivity index (χ4n) is 1.96. The number of primary amides is 1. The number of ether oxygens (including phenoxy) is 2. The van der Waals surface area contributed by atoms with E-state index in [9.17, 15) is 4.79 Å². The molecule has 1 atom stereocenters. The molecule has 1 heterocycles. The van der Waals surface area contributed by atoms with Gasteiger partial charge in [0.1, 0.15) is 11.9 Å². The smallest absolute Gasteiger partial charge is 0.404 e. The normalized spacial score (nSPS) is 18.3.